The molecule has 2 unspecified atom stereocenters. The predicted molar refractivity (Wildman–Crippen MR) is 99.1 cm³/mol. The molecule has 2 aromatic heterocycles. The van der Waals surface area contributed by atoms with E-state index in [4.69, 9.17) is 22.1 Å². The van der Waals surface area contributed by atoms with E-state index in [9.17, 15) is 4.79 Å². The molecule has 4 rings (SSSR count). The normalized spacial score (nSPS) is 20.3. The summed E-state index contributed by atoms with van der Waals surface area (Å²) in [6.45, 7) is 0. The molecule has 1 saturated carbocycles. The van der Waals surface area contributed by atoms with Gasteiger partial charge in [0.15, 0.2) is 5.75 Å². The van der Waals surface area contributed by atoms with Crippen molar-refractivity contribution >= 4 is 45.0 Å². The van der Waals surface area contributed by atoms with Crippen LogP contribution in [0.15, 0.2) is 24.5 Å². The van der Waals surface area contributed by atoms with Crippen molar-refractivity contribution in [3.63, 3.8) is 0 Å². The molecular weight excluding hydrogens is 340 g/mol. The molecule has 1 aliphatic rings. The minimum absolute atomic E-state index is 0.0938. The third-order valence-corrected chi connectivity index (χ3v) is 5.24. The lowest BCUT2D eigenvalue weighted by Gasteiger charge is -2.18. The Hall–Kier alpha value is -2.31. The lowest BCUT2D eigenvalue weighted by molar-refractivity contribution is -0.120. The molecular formula is C18H19ClN4O2. The SMILES string of the molecule is COc1c(Cl)cc2c([nH]c3cnccc32)c1NC(=O)C1CCCC1N. The van der Waals surface area contributed by atoms with Crippen LogP contribution in [0.5, 0.6) is 5.75 Å². The van der Waals surface area contributed by atoms with Gasteiger partial charge in [0.1, 0.15) is 5.69 Å². The van der Waals surface area contributed by atoms with Crippen molar-refractivity contribution in [2.45, 2.75) is 25.3 Å². The number of fused-ring (bicyclic) bond motifs is 3. The first kappa shape index (κ1) is 16.2. The molecule has 130 valence electrons. The van der Waals surface area contributed by atoms with Crippen LogP contribution in [0, 0.1) is 5.92 Å². The number of nitrogens with zero attached hydrogens (tertiary/aromatic N) is 1. The zero-order chi connectivity index (χ0) is 17.6. The number of H-pyrrole nitrogens is 1. The summed E-state index contributed by atoms with van der Waals surface area (Å²) in [5, 5.41) is 5.34. The van der Waals surface area contributed by atoms with E-state index in [2.05, 4.69) is 15.3 Å². The van der Waals surface area contributed by atoms with E-state index in [1.54, 1.807) is 12.4 Å². The summed E-state index contributed by atoms with van der Waals surface area (Å²) in [5.74, 6) is 0.155. The number of nitrogens with two attached hydrogens (primary N) is 1. The van der Waals surface area contributed by atoms with Gasteiger partial charge < -0.3 is 20.8 Å². The van der Waals surface area contributed by atoms with Gasteiger partial charge in [0, 0.05) is 23.0 Å². The molecule has 1 aromatic carbocycles. The van der Waals surface area contributed by atoms with Crippen LogP contribution in [0.4, 0.5) is 5.69 Å². The number of benzene rings is 1. The molecule has 0 aliphatic heterocycles. The van der Waals surface area contributed by atoms with Crippen LogP contribution in [0.25, 0.3) is 21.8 Å². The molecule has 0 bridgehead atoms. The summed E-state index contributed by atoms with van der Waals surface area (Å²) in [6.07, 6.45) is 6.12. The largest absolute Gasteiger partial charge is 0.493 e. The number of ether oxygens (including phenoxy) is 1. The predicted octanol–water partition coefficient (Wildman–Crippen LogP) is 3.44. The third kappa shape index (κ3) is 2.62. The molecule has 6 nitrogen and oxygen atoms in total. The van der Waals surface area contributed by atoms with Crippen molar-refractivity contribution in [2.24, 2.45) is 11.7 Å². The number of anilines is 1. The Labute approximate surface area is 149 Å². The molecule has 1 aliphatic carbocycles. The highest BCUT2D eigenvalue weighted by Gasteiger charge is 2.31. The van der Waals surface area contributed by atoms with Crippen LogP contribution in [-0.4, -0.2) is 29.0 Å². The van der Waals surface area contributed by atoms with Gasteiger partial charge >= 0.3 is 0 Å². The highest BCUT2D eigenvalue weighted by molar-refractivity contribution is 6.35. The lowest BCUT2D eigenvalue weighted by Crippen LogP contribution is -2.34. The maximum Gasteiger partial charge on any atom is 0.229 e. The molecule has 4 N–H and O–H groups in total. The topological polar surface area (TPSA) is 93.0 Å². The number of pyridine rings is 1. The average molecular weight is 359 g/mol. The average Bonchev–Trinajstić information content (AvgIpc) is 3.19. The highest BCUT2D eigenvalue weighted by Crippen LogP contribution is 2.42. The van der Waals surface area contributed by atoms with Crippen LogP contribution in [0.1, 0.15) is 19.3 Å². The van der Waals surface area contributed by atoms with Crippen LogP contribution in [-0.2, 0) is 4.79 Å². The summed E-state index contributed by atoms with van der Waals surface area (Å²) >= 11 is 6.41. The van der Waals surface area contributed by atoms with Crippen LogP contribution in [0.2, 0.25) is 5.02 Å². The van der Waals surface area contributed by atoms with Gasteiger partial charge in [-0.25, -0.2) is 0 Å². The molecule has 2 heterocycles. The fourth-order valence-electron chi connectivity index (χ4n) is 3.69. The smallest absolute Gasteiger partial charge is 0.229 e. The number of aromatic amines is 1. The minimum Gasteiger partial charge on any atom is -0.493 e. The van der Waals surface area contributed by atoms with Gasteiger partial charge in [0.2, 0.25) is 5.91 Å². The van der Waals surface area contributed by atoms with Gasteiger partial charge in [-0.05, 0) is 25.0 Å². The van der Waals surface area contributed by atoms with E-state index in [1.807, 2.05) is 12.1 Å². The van der Waals surface area contributed by atoms with Crippen molar-refractivity contribution in [3.05, 3.63) is 29.5 Å². The quantitative estimate of drug-likeness (QED) is 0.668. The second kappa shape index (κ2) is 6.20. The van der Waals surface area contributed by atoms with E-state index < -0.39 is 0 Å². The summed E-state index contributed by atoms with van der Waals surface area (Å²) < 4.78 is 5.46. The lowest BCUT2D eigenvalue weighted by atomic mass is 10.0. The number of carbonyl (C=O) groups excluding carboxylic acids is 1. The molecule has 0 radical (unpaired) electrons. The number of carbonyl (C=O) groups is 1. The third-order valence-electron chi connectivity index (χ3n) is 4.96. The van der Waals surface area contributed by atoms with Crippen molar-refractivity contribution < 1.29 is 9.53 Å². The van der Waals surface area contributed by atoms with Gasteiger partial charge in [0.25, 0.3) is 0 Å². The maximum atomic E-state index is 12.7. The summed E-state index contributed by atoms with van der Waals surface area (Å²) in [4.78, 5) is 20.2. The van der Waals surface area contributed by atoms with E-state index >= 15 is 0 Å². The highest BCUT2D eigenvalue weighted by atomic mass is 35.5. The van der Waals surface area contributed by atoms with Gasteiger partial charge in [-0.15, -0.1) is 0 Å². The van der Waals surface area contributed by atoms with Gasteiger partial charge in [-0.2, -0.15) is 0 Å². The van der Waals surface area contributed by atoms with Crippen molar-refractivity contribution in [1.82, 2.24) is 9.97 Å². The Kier molecular flexibility index (Phi) is 4.01. The molecule has 3 aromatic rings. The Morgan fingerprint density at radius 2 is 2.28 bits per heavy atom. The number of aromatic nitrogens is 2. The number of halogens is 1. The summed E-state index contributed by atoms with van der Waals surface area (Å²) in [5.41, 5.74) is 8.26. The summed E-state index contributed by atoms with van der Waals surface area (Å²) in [7, 11) is 1.54. The molecule has 25 heavy (non-hydrogen) atoms. The number of rotatable bonds is 3. The van der Waals surface area contributed by atoms with Crippen LogP contribution < -0.4 is 15.8 Å². The van der Waals surface area contributed by atoms with Crippen molar-refractivity contribution in [1.29, 1.82) is 0 Å². The first-order valence-corrected chi connectivity index (χ1v) is 8.66. The molecule has 0 spiro atoms. The second-order valence-corrected chi connectivity index (χ2v) is 6.83. The van der Waals surface area contributed by atoms with Crippen LogP contribution in [0.3, 0.4) is 0 Å². The number of methoxy groups -OCH3 is 1. The van der Waals surface area contributed by atoms with Crippen LogP contribution >= 0.6 is 11.6 Å². The summed E-state index contributed by atoms with van der Waals surface area (Å²) in [6, 6.07) is 3.65. The standard InChI is InChI=1S/C18H19ClN4O2/c1-25-17-12(19)7-11-9-5-6-21-8-14(9)22-15(11)16(17)23-18(24)10-3-2-4-13(10)20/h5-8,10,13,22H,2-4,20H2,1H3,(H,23,24). The van der Waals surface area contributed by atoms with Crippen molar-refractivity contribution in [2.75, 3.05) is 12.4 Å². The first-order chi connectivity index (χ1) is 12.1. The Morgan fingerprint density at radius 3 is 3.00 bits per heavy atom. The molecule has 0 saturated heterocycles. The van der Waals surface area contributed by atoms with E-state index in [-0.39, 0.29) is 17.9 Å². The molecule has 1 fully saturated rings. The number of amides is 1. The monoisotopic (exact) mass is 358 g/mol. The van der Waals surface area contributed by atoms with Gasteiger partial charge in [0.05, 0.1) is 35.3 Å². The first-order valence-electron chi connectivity index (χ1n) is 8.28. The van der Waals surface area contributed by atoms with E-state index in [0.29, 0.717) is 16.5 Å². The number of hydrogen-bond acceptors (Lipinski definition) is 4. The Morgan fingerprint density at radius 1 is 1.44 bits per heavy atom. The fraction of sp³-hybridized carbons (Fsp3) is 0.333. The minimum atomic E-state index is -0.190. The van der Waals surface area contributed by atoms with E-state index in [1.165, 1.54) is 7.11 Å². The van der Waals surface area contributed by atoms with Gasteiger partial charge in [-0.1, -0.05) is 18.0 Å². The molecule has 7 heteroatoms. The second-order valence-electron chi connectivity index (χ2n) is 6.43. The molecule has 2 atom stereocenters. The fourth-order valence-corrected chi connectivity index (χ4v) is 3.97. The number of hydrogen-bond donors (Lipinski definition) is 3. The maximum absolute atomic E-state index is 12.7. The zero-order valence-electron chi connectivity index (χ0n) is 13.8. The van der Waals surface area contributed by atoms with Gasteiger partial charge in [-0.3, -0.25) is 9.78 Å². The zero-order valence-corrected chi connectivity index (χ0v) is 14.6. The Bertz CT molecular complexity index is 969. The molecule has 1 amide bonds. The van der Waals surface area contributed by atoms with E-state index in [0.717, 1.165) is 41.1 Å². The number of nitrogens with one attached hydrogen (secondary N) is 2. The Balaban J connectivity index is 1.87. The van der Waals surface area contributed by atoms with Crippen molar-refractivity contribution in [3.8, 4) is 5.75 Å².